The molecule has 1 atom stereocenters. The van der Waals surface area contributed by atoms with Gasteiger partial charge < -0.3 is 21.7 Å². The molecular formula is C14H22N4O2. The normalized spacial score (nSPS) is 11.8. The number of anilines is 2. The van der Waals surface area contributed by atoms with Crippen molar-refractivity contribution in [2.45, 2.75) is 26.3 Å². The summed E-state index contributed by atoms with van der Waals surface area (Å²) in [5.41, 5.74) is 7.10. The van der Waals surface area contributed by atoms with Crippen LogP contribution in [0.2, 0.25) is 0 Å². The van der Waals surface area contributed by atoms with E-state index in [0.29, 0.717) is 23.7 Å². The maximum absolute atomic E-state index is 11.8. The Kier molecular flexibility index (Phi) is 5.99. The first-order valence-corrected chi connectivity index (χ1v) is 6.57. The second-order valence-electron chi connectivity index (χ2n) is 5.01. The smallest absolute Gasteiger partial charge is 0.318 e. The number of nitrogens with two attached hydrogens (primary N) is 1. The van der Waals surface area contributed by atoms with Crippen LogP contribution >= 0.6 is 0 Å². The largest absolute Gasteiger partial charge is 0.341 e. The van der Waals surface area contributed by atoms with Gasteiger partial charge in [-0.15, -0.1) is 0 Å². The van der Waals surface area contributed by atoms with Gasteiger partial charge in [0.05, 0.1) is 6.04 Å². The van der Waals surface area contributed by atoms with Crippen LogP contribution in [-0.2, 0) is 4.79 Å². The average Bonchev–Trinajstić information content (AvgIpc) is 2.40. The lowest BCUT2D eigenvalue weighted by atomic mass is 10.0. The van der Waals surface area contributed by atoms with E-state index in [9.17, 15) is 9.59 Å². The highest BCUT2D eigenvalue weighted by molar-refractivity contribution is 5.95. The maximum Gasteiger partial charge on any atom is 0.318 e. The topological polar surface area (TPSA) is 96.2 Å². The minimum Gasteiger partial charge on any atom is -0.341 e. The number of rotatable bonds is 5. The van der Waals surface area contributed by atoms with Crippen molar-refractivity contribution in [3.05, 3.63) is 24.3 Å². The van der Waals surface area contributed by atoms with Gasteiger partial charge in [0.25, 0.3) is 0 Å². The number of amides is 3. The van der Waals surface area contributed by atoms with E-state index < -0.39 is 6.04 Å². The Morgan fingerprint density at radius 1 is 1.10 bits per heavy atom. The molecule has 0 bridgehead atoms. The monoisotopic (exact) mass is 278 g/mol. The van der Waals surface area contributed by atoms with Crippen LogP contribution in [0.15, 0.2) is 24.3 Å². The molecule has 5 N–H and O–H groups in total. The van der Waals surface area contributed by atoms with Crippen LogP contribution in [-0.4, -0.2) is 25.0 Å². The van der Waals surface area contributed by atoms with Gasteiger partial charge in [0, 0.05) is 18.4 Å². The van der Waals surface area contributed by atoms with Crippen LogP contribution in [0.3, 0.4) is 0 Å². The molecule has 6 heteroatoms. The highest BCUT2D eigenvalue weighted by atomic mass is 16.2. The Morgan fingerprint density at radius 3 is 2.05 bits per heavy atom. The van der Waals surface area contributed by atoms with Gasteiger partial charge in [0.1, 0.15) is 0 Å². The first-order chi connectivity index (χ1) is 9.42. The van der Waals surface area contributed by atoms with Gasteiger partial charge in [-0.3, -0.25) is 4.79 Å². The highest BCUT2D eigenvalue weighted by Gasteiger charge is 2.14. The molecule has 0 aliphatic carbocycles. The summed E-state index contributed by atoms with van der Waals surface area (Å²) in [5.74, 6) is 0.167. The van der Waals surface area contributed by atoms with Crippen molar-refractivity contribution in [3.63, 3.8) is 0 Å². The molecule has 0 aliphatic rings. The Hall–Kier alpha value is -2.08. The fourth-order valence-electron chi connectivity index (χ4n) is 1.68. The molecule has 0 unspecified atom stereocenters. The summed E-state index contributed by atoms with van der Waals surface area (Å²) >= 11 is 0. The second-order valence-corrected chi connectivity index (χ2v) is 5.01. The summed E-state index contributed by atoms with van der Waals surface area (Å²) < 4.78 is 0. The van der Waals surface area contributed by atoms with Gasteiger partial charge in [-0.2, -0.15) is 0 Å². The van der Waals surface area contributed by atoms with Crippen LogP contribution in [0, 0.1) is 5.92 Å². The number of benzene rings is 1. The molecule has 20 heavy (non-hydrogen) atoms. The molecule has 0 saturated heterocycles. The van der Waals surface area contributed by atoms with E-state index in [1.165, 1.54) is 0 Å². The third-order valence-corrected chi connectivity index (χ3v) is 2.70. The molecule has 110 valence electrons. The van der Waals surface area contributed by atoms with Crippen LogP contribution in [0.1, 0.15) is 20.3 Å². The van der Waals surface area contributed by atoms with Gasteiger partial charge in [-0.25, -0.2) is 4.79 Å². The third kappa shape index (κ3) is 5.27. The predicted octanol–water partition coefficient (Wildman–Crippen LogP) is 1.75. The van der Waals surface area contributed by atoms with Crippen LogP contribution in [0.5, 0.6) is 0 Å². The lowest BCUT2D eigenvalue weighted by Crippen LogP contribution is -2.36. The van der Waals surface area contributed by atoms with Gasteiger partial charge in [0.2, 0.25) is 5.91 Å². The Bertz CT molecular complexity index is 457. The van der Waals surface area contributed by atoms with Gasteiger partial charge in [0.15, 0.2) is 0 Å². The molecule has 0 aromatic heterocycles. The summed E-state index contributed by atoms with van der Waals surface area (Å²) in [6, 6.07) is 6.04. The zero-order valence-electron chi connectivity index (χ0n) is 12.1. The van der Waals surface area contributed by atoms with E-state index in [2.05, 4.69) is 16.0 Å². The molecule has 1 aromatic carbocycles. The standard InChI is InChI=1S/C14H22N4O2/c1-9(2)8-12(15)13(19)17-10-4-6-11(7-5-10)18-14(20)16-3/h4-7,9,12H,8,15H2,1-3H3,(H,17,19)(H2,16,18,20)/t12-/m0/s1. The van der Waals surface area contributed by atoms with E-state index in [1.807, 2.05) is 13.8 Å². The van der Waals surface area contributed by atoms with Crippen molar-refractivity contribution in [2.75, 3.05) is 17.7 Å². The fraction of sp³-hybridized carbons (Fsp3) is 0.429. The van der Waals surface area contributed by atoms with E-state index in [4.69, 9.17) is 5.73 Å². The first kappa shape index (κ1) is 16.0. The molecule has 1 rings (SSSR count). The molecule has 0 fully saturated rings. The van der Waals surface area contributed by atoms with Gasteiger partial charge >= 0.3 is 6.03 Å². The number of hydrogen-bond acceptors (Lipinski definition) is 3. The molecule has 6 nitrogen and oxygen atoms in total. The molecule has 3 amide bonds. The Balaban J connectivity index is 2.56. The third-order valence-electron chi connectivity index (χ3n) is 2.70. The summed E-state index contributed by atoms with van der Waals surface area (Å²) in [6.45, 7) is 4.04. The van der Waals surface area contributed by atoms with Crippen molar-refractivity contribution >= 4 is 23.3 Å². The lowest BCUT2D eigenvalue weighted by molar-refractivity contribution is -0.117. The minimum absolute atomic E-state index is 0.203. The van der Waals surface area contributed by atoms with Crippen molar-refractivity contribution in [2.24, 2.45) is 11.7 Å². The van der Waals surface area contributed by atoms with Crippen LogP contribution < -0.4 is 21.7 Å². The van der Waals surface area contributed by atoms with E-state index in [0.717, 1.165) is 0 Å². The Morgan fingerprint density at radius 2 is 1.60 bits per heavy atom. The first-order valence-electron chi connectivity index (χ1n) is 6.57. The van der Waals surface area contributed by atoms with Crippen LogP contribution in [0.4, 0.5) is 16.2 Å². The fourth-order valence-corrected chi connectivity index (χ4v) is 1.68. The second kappa shape index (κ2) is 7.49. The van der Waals surface area contributed by atoms with Crippen molar-refractivity contribution in [3.8, 4) is 0 Å². The molecule has 1 aromatic rings. The summed E-state index contributed by atoms with van der Waals surface area (Å²) in [6.07, 6.45) is 0.641. The number of carbonyl (C=O) groups excluding carboxylic acids is 2. The summed E-state index contributed by atoms with van der Waals surface area (Å²) in [4.78, 5) is 23.0. The van der Waals surface area contributed by atoms with E-state index in [1.54, 1.807) is 31.3 Å². The minimum atomic E-state index is -0.515. The molecule has 0 spiro atoms. The van der Waals surface area contributed by atoms with Gasteiger partial charge in [-0.1, -0.05) is 13.8 Å². The van der Waals surface area contributed by atoms with Crippen molar-refractivity contribution < 1.29 is 9.59 Å². The molecule has 0 saturated carbocycles. The summed E-state index contributed by atoms with van der Waals surface area (Å²) in [7, 11) is 1.54. The quantitative estimate of drug-likeness (QED) is 0.660. The molecule has 0 radical (unpaired) electrons. The zero-order valence-corrected chi connectivity index (χ0v) is 12.1. The van der Waals surface area contributed by atoms with Crippen molar-refractivity contribution in [1.29, 1.82) is 0 Å². The Labute approximate surface area is 119 Å². The van der Waals surface area contributed by atoms with E-state index in [-0.39, 0.29) is 11.9 Å². The number of nitrogens with one attached hydrogen (secondary N) is 3. The molecule has 0 heterocycles. The number of urea groups is 1. The predicted molar refractivity (Wildman–Crippen MR) is 80.6 cm³/mol. The lowest BCUT2D eigenvalue weighted by Gasteiger charge is -2.14. The summed E-state index contributed by atoms with van der Waals surface area (Å²) in [5, 5.41) is 7.84. The van der Waals surface area contributed by atoms with Crippen molar-refractivity contribution in [1.82, 2.24) is 5.32 Å². The number of carbonyl (C=O) groups is 2. The van der Waals surface area contributed by atoms with E-state index >= 15 is 0 Å². The molecular weight excluding hydrogens is 256 g/mol. The SMILES string of the molecule is CNC(=O)Nc1ccc(NC(=O)[C@@H](N)CC(C)C)cc1. The molecule has 0 aliphatic heterocycles. The zero-order chi connectivity index (χ0) is 15.1. The highest BCUT2D eigenvalue weighted by Crippen LogP contribution is 2.14. The average molecular weight is 278 g/mol. The maximum atomic E-state index is 11.8. The van der Waals surface area contributed by atoms with Gasteiger partial charge in [-0.05, 0) is 36.6 Å². The number of hydrogen-bond donors (Lipinski definition) is 4. The van der Waals surface area contributed by atoms with Crippen LogP contribution in [0.25, 0.3) is 0 Å².